The van der Waals surface area contributed by atoms with Crippen LogP contribution in [0.1, 0.15) is 40.5 Å². The van der Waals surface area contributed by atoms with Crippen LogP contribution in [0, 0.1) is 11.8 Å². The van der Waals surface area contributed by atoms with E-state index in [4.69, 9.17) is 4.74 Å². The zero-order chi connectivity index (χ0) is 21.2. The Morgan fingerprint density at radius 2 is 1.93 bits per heavy atom. The average Bonchev–Trinajstić information content (AvgIpc) is 2.91. The fourth-order valence-electron chi connectivity index (χ4n) is 3.55. The first kappa shape index (κ1) is 22.1. The number of carbonyl (C=O) groups excluding carboxylic acids is 3. The summed E-state index contributed by atoms with van der Waals surface area (Å²) < 4.78 is 5.77. The second-order valence-electron chi connectivity index (χ2n) is 7.73. The number of hydrogen-bond donors (Lipinski definition) is 3. The van der Waals surface area contributed by atoms with E-state index in [1.165, 1.54) is 18.0 Å². The Morgan fingerprint density at radius 3 is 2.46 bits per heavy atom. The molecular weight excluding hydrogens is 364 g/mol. The van der Waals surface area contributed by atoms with Gasteiger partial charge in [0.15, 0.2) is 5.78 Å². The van der Waals surface area contributed by atoms with Crippen molar-refractivity contribution in [2.24, 2.45) is 11.8 Å². The number of ether oxygens (including phenoxy) is 1. The summed E-state index contributed by atoms with van der Waals surface area (Å²) in [7, 11) is 1.46. The highest BCUT2D eigenvalue weighted by Crippen LogP contribution is 2.34. The first-order valence-electron chi connectivity index (χ1n) is 9.63. The van der Waals surface area contributed by atoms with Crippen molar-refractivity contribution in [2.45, 2.75) is 65.0 Å². The van der Waals surface area contributed by atoms with Gasteiger partial charge in [-0.2, -0.15) is 0 Å². The van der Waals surface area contributed by atoms with Crippen LogP contribution in [0.2, 0.25) is 0 Å². The van der Waals surface area contributed by atoms with E-state index in [0.717, 1.165) is 0 Å². The Balaban J connectivity index is 2.47. The lowest BCUT2D eigenvalue weighted by molar-refractivity contribution is -0.181. The van der Waals surface area contributed by atoms with Crippen molar-refractivity contribution in [1.82, 2.24) is 10.2 Å². The van der Waals surface area contributed by atoms with Crippen LogP contribution < -0.4 is 5.32 Å². The smallest absolute Gasteiger partial charge is 0.264 e. The Bertz CT molecular complexity index is 699. The highest BCUT2D eigenvalue weighted by atomic mass is 16.5. The molecule has 156 valence electrons. The third-order valence-corrected chi connectivity index (χ3v) is 5.23. The molecule has 0 aromatic carbocycles. The van der Waals surface area contributed by atoms with Crippen LogP contribution in [0.4, 0.5) is 0 Å². The molecule has 5 atom stereocenters. The van der Waals surface area contributed by atoms with Crippen molar-refractivity contribution in [3.05, 3.63) is 23.5 Å². The molecule has 0 bridgehead atoms. The molecule has 0 aromatic heterocycles. The molecule has 2 rings (SSSR count). The van der Waals surface area contributed by atoms with E-state index in [1.54, 1.807) is 19.9 Å². The molecular formula is C20H30N2O6. The minimum Gasteiger partial charge on any atom is -0.507 e. The van der Waals surface area contributed by atoms with Crippen LogP contribution in [0.3, 0.4) is 0 Å². The van der Waals surface area contributed by atoms with Crippen LogP contribution in [0.25, 0.3) is 0 Å². The molecule has 2 fully saturated rings. The molecule has 8 nitrogen and oxygen atoms in total. The van der Waals surface area contributed by atoms with Gasteiger partial charge < -0.3 is 25.2 Å². The highest BCUT2D eigenvalue weighted by molar-refractivity contribution is 6.27. The quantitative estimate of drug-likeness (QED) is 0.365. The summed E-state index contributed by atoms with van der Waals surface area (Å²) in [5, 5.41) is 22.8. The third-order valence-electron chi connectivity index (χ3n) is 5.23. The Labute approximate surface area is 165 Å². The maximum atomic E-state index is 13.1. The van der Waals surface area contributed by atoms with Crippen LogP contribution in [0.15, 0.2) is 23.5 Å². The van der Waals surface area contributed by atoms with Gasteiger partial charge in [-0.3, -0.25) is 14.4 Å². The second kappa shape index (κ2) is 8.87. The van der Waals surface area contributed by atoms with Crippen molar-refractivity contribution < 1.29 is 29.3 Å². The summed E-state index contributed by atoms with van der Waals surface area (Å²) in [6.45, 7) is 7.05. The maximum Gasteiger partial charge on any atom is 0.264 e. The van der Waals surface area contributed by atoms with Gasteiger partial charge in [0.25, 0.3) is 5.91 Å². The summed E-state index contributed by atoms with van der Waals surface area (Å²) >= 11 is 0. The second-order valence-corrected chi connectivity index (χ2v) is 7.73. The van der Waals surface area contributed by atoms with Crippen LogP contribution >= 0.6 is 0 Å². The van der Waals surface area contributed by atoms with Crippen LogP contribution in [-0.4, -0.2) is 64.2 Å². The summed E-state index contributed by atoms with van der Waals surface area (Å²) in [6.07, 6.45) is 1.83. The van der Waals surface area contributed by atoms with Crippen molar-refractivity contribution >= 4 is 17.6 Å². The largest absolute Gasteiger partial charge is 0.507 e. The van der Waals surface area contributed by atoms with Gasteiger partial charge in [0.2, 0.25) is 5.91 Å². The van der Waals surface area contributed by atoms with Gasteiger partial charge in [-0.05, 0) is 31.8 Å². The fourth-order valence-corrected chi connectivity index (χ4v) is 3.55. The Kier molecular flexibility index (Phi) is 7.01. The molecule has 0 aliphatic carbocycles. The third kappa shape index (κ3) is 4.28. The highest BCUT2D eigenvalue weighted by Gasteiger charge is 2.52. The minimum atomic E-state index is -1.08. The van der Waals surface area contributed by atoms with Crippen molar-refractivity contribution in [1.29, 1.82) is 0 Å². The van der Waals surface area contributed by atoms with Crippen molar-refractivity contribution in [3.63, 3.8) is 0 Å². The van der Waals surface area contributed by atoms with Crippen molar-refractivity contribution in [2.75, 3.05) is 7.05 Å². The number of likely N-dealkylation sites (tertiary alicyclic amines) is 1. The number of rotatable bonds is 5. The number of carbonyl (C=O) groups is 3. The summed E-state index contributed by atoms with van der Waals surface area (Å²) in [6, 6.07) is -1.08. The van der Waals surface area contributed by atoms with Gasteiger partial charge >= 0.3 is 0 Å². The Morgan fingerprint density at radius 1 is 1.29 bits per heavy atom. The van der Waals surface area contributed by atoms with Crippen LogP contribution in [-0.2, 0) is 19.1 Å². The molecule has 2 heterocycles. The molecule has 0 spiro atoms. The predicted octanol–water partition coefficient (Wildman–Crippen LogP) is 1.06. The van der Waals surface area contributed by atoms with E-state index in [0.29, 0.717) is 12.8 Å². The molecule has 8 heteroatoms. The molecule has 2 amide bonds. The summed E-state index contributed by atoms with van der Waals surface area (Å²) in [4.78, 5) is 39.6. The zero-order valence-electron chi connectivity index (χ0n) is 17.0. The molecule has 2 aliphatic heterocycles. The molecule has 0 aromatic rings. The average molecular weight is 394 g/mol. The lowest BCUT2D eigenvalue weighted by atomic mass is 9.94. The molecule has 2 saturated heterocycles. The standard InChI is InChI=1S/C20H30N2O6/c1-10(2)6-7-14(24)16-18(25)17(11(3)19(26)21-5)22(20(16)27)15-9-8-13(23)12(4)28-15/h6-7,10-13,15,17,23-24H,8-9H2,1-5H3,(H,21,26)/b7-6+,16-14-. The zero-order valence-corrected chi connectivity index (χ0v) is 17.0. The van der Waals surface area contributed by atoms with E-state index in [2.05, 4.69) is 5.32 Å². The van der Waals surface area contributed by atoms with Crippen LogP contribution in [0.5, 0.6) is 0 Å². The predicted molar refractivity (Wildman–Crippen MR) is 102 cm³/mol. The monoisotopic (exact) mass is 394 g/mol. The molecule has 0 radical (unpaired) electrons. The topological polar surface area (TPSA) is 116 Å². The SMILES string of the molecule is CNC(=O)C(C)C1C(=O)/C(=C(O)\C=C\C(C)C)C(=O)N1C1CCC(O)C(C)O1. The molecule has 0 saturated carbocycles. The Hall–Kier alpha value is -2.19. The van der Waals surface area contributed by atoms with Gasteiger partial charge in [-0.15, -0.1) is 0 Å². The number of Topliss-reactive ketones (excluding diaryl/α,β-unsaturated/α-hetero) is 1. The number of hydrogen-bond acceptors (Lipinski definition) is 6. The van der Waals surface area contributed by atoms with E-state index in [9.17, 15) is 24.6 Å². The number of amides is 2. The van der Waals surface area contributed by atoms with Gasteiger partial charge in [-0.25, -0.2) is 0 Å². The van der Waals surface area contributed by atoms with Gasteiger partial charge in [-0.1, -0.05) is 26.8 Å². The number of aliphatic hydroxyl groups excluding tert-OH is 2. The van der Waals surface area contributed by atoms with E-state index in [1.807, 2.05) is 13.8 Å². The molecule has 5 unspecified atom stereocenters. The maximum absolute atomic E-state index is 13.1. The molecule has 28 heavy (non-hydrogen) atoms. The first-order valence-corrected chi connectivity index (χ1v) is 9.63. The fraction of sp³-hybridized carbons (Fsp3) is 0.650. The normalized spacial score (nSPS) is 31.6. The van der Waals surface area contributed by atoms with E-state index < -0.39 is 53.8 Å². The number of aliphatic hydroxyl groups is 2. The van der Waals surface area contributed by atoms with Crippen molar-refractivity contribution in [3.8, 4) is 0 Å². The summed E-state index contributed by atoms with van der Waals surface area (Å²) in [5.74, 6) is -2.77. The molecule has 2 aliphatic rings. The van der Waals surface area contributed by atoms with Gasteiger partial charge in [0.05, 0.1) is 18.1 Å². The number of allylic oxidation sites excluding steroid dienone is 2. The lowest BCUT2D eigenvalue weighted by Gasteiger charge is -2.39. The first-order chi connectivity index (χ1) is 13.1. The van der Waals surface area contributed by atoms with Gasteiger partial charge in [0.1, 0.15) is 23.6 Å². The minimum absolute atomic E-state index is 0.120. The number of nitrogens with one attached hydrogen (secondary N) is 1. The van der Waals surface area contributed by atoms with E-state index >= 15 is 0 Å². The molecule has 3 N–H and O–H groups in total. The van der Waals surface area contributed by atoms with E-state index in [-0.39, 0.29) is 11.5 Å². The summed E-state index contributed by atoms with van der Waals surface area (Å²) in [5.41, 5.74) is -0.333. The number of nitrogens with zero attached hydrogens (tertiary/aromatic N) is 1. The lowest BCUT2D eigenvalue weighted by Crippen LogP contribution is -2.54. The number of ketones is 1. The van der Waals surface area contributed by atoms with Gasteiger partial charge in [0, 0.05) is 7.05 Å².